The van der Waals surface area contributed by atoms with Crippen LogP contribution >= 0.6 is 0 Å². The molecule has 19 heavy (non-hydrogen) atoms. The minimum absolute atomic E-state index is 0.156. The maximum atomic E-state index is 11.4. The largest absolute Gasteiger partial charge is 0.486 e. The first-order valence-electron chi connectivity index (χ1n) is 6.50. The van der Waals surface area contributed by atoms with Gasteiger partial charge in [0.15, 0.2) is 11.5 Å². The van der Waals surface area contributed by atoms with Crippen molar-refractivity contribution in [3.05, 3.63) is 18.2 Å². The Kier molecular flexibility index (Phi) is 4.49. The highest BCUT2D eigenvalue weighted by Gasteiger charge is 2.11. The van der Waals surface area contributed by atoms with Crippen LogP contribution in [-0.2, 0) is 4.79 Å². The lowest BCUT2D eigenvalue weighted by molar-refractivity contribution is -0.128. The van der Waals surface area contributed by atoms with E-state index in [0.29, 0.717) is 19.6 Å². The van der Waals surface area contributed by atoms with Gasteiger partial charge >= 0.3 is 0 Å². The lowest BCUT2D eigenvalue weighted by atomic mass is 10.2. The molecule has 0 radical (unpaired) electrons. The minimum Gasteiger partial charge on any atom is -0.486 e. The van der Waals surface area contributed by atoms with E-state index in [1.54, 1.807) is 19.0 Å². The monoisotopic (exact) mass is 264 g/mol. The maximum Gasteiger partial charge on any atom is 0.222 e. The van der Waals surface area contributed by atoms with Gasteiger partial charge in [-0.25, -0.2) is 0 Å². The molecule has 0 atom stereocenters. The standard InChI is InChI=1S/C14H20N2O3/c1-16(2)14(17)4-3-7-15-11-5-6-12-13(10-11)19-9-8-18-12/h5-6,10,15H,3-4,7-9H2,1-2H3. The summed E-state index contributed by atoms with van der Waals surface area (Å²) in [5.41, 5.74) is 0.988. The molecule has 0 aliphatic carbocycles. The molecule has 1 aromatic carbocycles. The van der Waals surface area contributed by atoms with E-state index in [1.165, 1.54) is 0 Å². The van der Waals surface area contributed by atoms with Crippen LogP contribution < -0.4 is 14.8 Å². The Morgan fingerprint density at radius 1 is 1.26 bits per heavy atom. The van der Waals surface area contributed by atoms with Crippen molar-refractivity contribution in [3.63, 3.8) is 0 Å². The molecule has 0 saturated carbocycles. The fourth-order valence-electron chi connectivity index (χ4n) is 1.85. The van der Waals surface area contributed by atoms with E-state index >= 15 is 0 Å². The molecule has 0 bridgehead atoms. The zero-order valence-electron chi connectivity index (χ0n) is 11.4. The molecule has 0 unspecified atom stereocenters. The maximum absolute atomic E-state index is 11.4. The highest BCUT2D eigenvalue weighted by Crippen LogP contribution is 2.32. The van der Waals surface area contributed by atoms with E-state index in [9.17, 15) is 4.79 Å². The van der Waals surface area contributed by atoms with Crippen molar-refractivity contribution < 1.29 is 14.3 Å². The van der Waals surface area contributed by atoms with Gasteiger partial charge in [-0.1, -0.05) is 0 Å². The molecule has 2 rings (SSSR count). The van der Waals surface area contributed by atoms with Crippen molar-refractivity contribution in [2.75, 3.05) is 39.2 Å². The molecule has 1 N–H and O–H groups in total. The van der Waals surface area contributed by atoms with Crippen molar-refractivity contribution >= 4 is 11.6 Å². The summed E-state index contributed by atoms with van der Waals surface area (Å²) in [6.45, 7) is 1.96. The van der Waals surface area contributed by atoms with Gasteiger partial charge in [0.25, 0.3) is 0 Å². The van der Waals surface area contributed by atoms with E-state index < -0.39 is 0 Å². The highest BCUT2D eigenvalue weighted by molar-refractivity contribution is 5.75. The third kappa shape index (κ3) is 3.77. The van der Waals surface area contributed by atoms with E-state index in [-0.39, 0.29) is 5.91 Å². The predicted octanol–water partition coefficient (Wildman–Crippen LogP) is 1.74. The smallest absolute Gasteiger partial charge is 0.222 e. The summed E-state index contributed by atoms with van der Waals surface area (Å²) in [4.78, 5) is 13.0. The minimum atomic E-state index is 0.156. The molecule has 1 amide bonds. The summed E-state index contributed by atoms with van der Waals surface area (Å²) in [5.74, 6) is 1.73. The zero-order valence-corrected chi connectivity index (χ0v) is 11.4. The summed E-state index contributed by atoms with van der Waals surface area (Å²) >= 11 is 0. The number of anilines is 1. The van der Waals surface area contributed by atoms with Crippen LogP contribution in [0.5, 0.6) is 11.5 Å². The molecule has 1 aliphatic rings. The molecular weight excluding hydrogens is 244 g/mol. The van der Waals surface area contributed by atoms with Gasteiger partial charge in [-0.3, -0.25) is 4.79 Å². The van der Waals surface area contributed by atoms with Gasteiger partial charge in [-0.05, 0) is 18.6 Å². The summed E-state index contributed by atoms with van der Waals surface area (Å²) in [6.07, 6.45) is 1.37. The number of benzene rings is 1. The Balaban J connectivity index is 1.79. The van der Waals surface area contributed by atoms with E-state index in [2.05, 4.69) is 5.32 Å². The summed E-state index contributed by atoms with van der Waals surface area (Å²) in [6, 6.07) is 5.80. The molecule has 5 heteroatoms. The fraction of sp³-hybridized carbons (Fsp3) is 0.500. The molecule has 0 saturated heterocycles. The first kappa shape index (κ1) is 13.5. The van der Waals surface area contributed by atoms with Gasteiger partial charge in [0.2, 0.25) is 5.91 Å². The number of hydrogen-bond donors (Lipinski definition) is 1. The van der Waals surface area contributed by atoms with E-state index in [4.69, 9.17) is 9.47 Å². The van der Waals surface area contributed by atoms with Crippen molar-refractivity contribution in [1.29, 1.82) is 0 Å². The van der Waals surface area contributed by atoms with Gasteiger partial charge in [-0.2, -0.15) is 0 Å². The number of carbonyl (C=O) groups is 1. The van der Waals surface area contributed by atoms with E-state index in [0.717, 1.165) is 30.2 Å². The molecule has 0 aromatic heterocycles. The number of carbonyl (C=O) groups excluding carboxylic acids is 1. The number of amides is 1. The van der Waals surface area contributed by atoms with Gasteiger partial charge in [-0.15, -0.1) is 0 Å². The SMILES string of the molecule is CN(C)C(=O)CCCNc1ccc2c(c1)OCCO2. The Hall–Kier alpha value is -1.91. The average molecular weight is 264 g/mol. The molecule has 5 nitrogen and oxygen atoms in total. The highest BCUT2D eigenvalue weighted by atomic mass is 16.6. The second-order valence-corrected chi connectivity index (χ2v) is 4.68. The van der Waals surface area contributed by atoms with Crippen LogP contribution in [-0.4, -0.2) is 44.7 Å². The van der Waals surface area contributed by atoms with Crippen LogP contribution in [0, 0.1) is 0 Å². The van der Waals surface area contributed by atoms with Crippen molar-refractivity contribution in [2.24, 2.45) is 0 Å². The molecular formula is C14H20N2O3. The van der Waals surface area contributed by atoms with Crippen LogP contribution in [0.1, 0.15) is 12.8 Å². The molecule has 104 valence electrons. The van der Waals surface area contributed by atoms with Gasteiger partial charge in [0.05, 0.1) is 0 Å². The van der Waals surface area contributed by atoms with Crippen molar-refractivity contribution in [1.82, 2.24) is 4.90 Å². The Bertz CT molecular complexity index is 446. The summed E-state index contributed by atoms with van der Waals surface area (Å²) in [7, 11) is 3.55. The summed E-state index contributed by atoms with van der Waals surface area (Å²) in [5, 5.41) is 3.28. The normalized spacial score (nSPS) is 12.9. The van der Waals surface area contributed by atoms with Crippen LogP contribution in [0.2, 0.25) is 0 Å². The number of nitrogens with one attached hydrogen (secondary N) is 1. The Morgan fingerprint density at radius 2 is 2.00 bits per heavy atom. The van der Waals surface area contributed by atoms with Crippen LogP contribution in [0.3, 0.4) is 0 Å². The number of fused-ring (bicyclic) bond motifs is 1. The average Bonchev–Trinajstić information content (AvgIpc) is 2.43. The number of hydrogen-bond acceptors (Lipinski definition) is 4. The Morgan fingerprint density at radius 3 is 2.74 bits per heavy atom. The second-order valence-electron chi connectivity index (χ2n) is 4.68. The van der Waals surface area contributed by atoms with E-state index in [1.807, 2.05) is 18.2 Å². The number of nitrogens with zero attached hydrogens (tertiary/aromatic N) is 1. The molecule has 1 aliphatic heterocycles. The second kappa shape index (κ2) is 6.31. The first-order chi connectivity index (χ1) is 9.16. The first-order valence-corrected chi connectivity index (χ1v) is 6.50. The van der Waals surface area contributed by atoms with Crippen molar-refractivity contribution in [3.8, 4) is 11.5 Å². The van der Waals surface area contributed by atoms with Crippen LogP contribution in [0.25, 0.3) is 0 Å². The predicted molar refractivity (Wildman–Crippen MR) is 73.8 cm³/mol. The Labute approximate surface area is 113 Å². The van der Waals surface area contributed by atoms with Gasteiger partial charge in [0.1, 0.15) is 13.2 Å². The fourth-order valence-corrected chi connectivity index (χ4v) is 1.85. The third-order valence-electron chi connectivity index (χ3n) is 2.94. The lowest BCUT2D eigenvalue weighted by Gasteiger charge is -2.19. The lowest BCUT2D eigenvalue weighted by Crippen LogP contribution is -2.22. The third-order valence-corrected chi connectivity index (χ3v) is 2.94. The molecule has 0 fully saturated rings. The quantitative estimate of drug-likeness (QED) is 0.823. The van der Waals surface area contributed by atoms with Crippen LogP contribution in [0.15, 0.2) is 18.2 Å². The molecule has 1 heterocycles. The van der Waals surface area contributed by atoms with Crippen molar-refractivity contribution in [2.45, 2.75) is 12.8 Å². The number of rotatable bonds is 5. The van der Waals surface area contributed by atoms with Crippen LogP contribution in [0.4, 0.5) is 5.69 Å². The topological polar surface area (TPSA) is 50.8 Å². The van der Waals surface area contributed by atoms with Gasteiger partial charge in [0, 0.05) is 38.8 Å². The molecule has 0 spiro atoms. The number of ether oxygens (including phenoxy) is 2. The van der Waals surface area contributed by atoms with Gasteiger partial charge < -0.3 is 19.7 Å². The molecule has 1 aromatic rings. The zero-order chi connectivity index (χ0) is 13.7. The summed E-state index contributed by atoms with van der Waals surface area (Å²) < 4.78 is 11.0.